The largest absolute Gasteiger partial charge is 0.296 e. The van der Waals surface area contributed by atoms with E-state index in [4.69, 9.17) is 0 Å². The molecule has 2 rings (SSSR count). The van der Waals surface area contributed by atoms with Crippen molar-refractivity contribution in [2.75, 3.05) is 0 Å². The zero-order valence-corrected chi connectivity index (χ0v) is 14.4. The van der Waals surface area contributed by atoms with E-state index in [0.717, 1.165) is 22.9 Å². The van der Waals surface area contributed by atoms with Gasteiger partial charge in [0.25, 0.3) is 0 Å². The van der Waals surface area contributed by atoms with Gasteiger partial charge in [0.15, 0.2) is 0 Å². The molecule has 1 aromatic carbocycles. The summed E-state index contributed by atoms with van der Waals surface area (Å²) in [5, 5.41) is 2.50. The first-order valence-electron chi connectivity index (χ1n) is 7.41. The molecule has 1 heterocycles. The number of halogens is 1. The minimum Gasteiger partial charge on any atom is -0.296 e. The number of amides is 2. The molecule has 0 saturated carbocycles. The molecule has 1 aliphatic heterocycles. The van der Waals surface area contributed by atoms with Crippen molar-refractivity contribution < 1.29 is 9.59 Å². The number of hydrogen-bond donors (Lipinski definition) is 1. The van der Waals surface area contributed by atoms with Gasteiger partial charge in [-0.1, -0.05) is 55.3 Å². The number of benzene rings is 1. The molecule has 0 aliphatic carbocycles. The molecular formula is C17H22BrNO2. The molecule has 0 spiro atoms. The van der Waals surface area contributed by atoms with Crippen LogP contribution in [0.1, 0.15) is 51.5 Å². The molecule has 0 radical (unpaired) electrons. The molecule has 114 valence electrons. The summed E-state index contributed by atoms with van der Waals surface area (Å²) in [5.41, 5.74) is 0.673. The average Bonchev–Trinajstić information content (AvgIpc) is 2.38. The number of carbonyl (C=O) groups excluding carboxylic acids is 2. The van der Waals surface area contributed by atoms with E-state index in [2.05, 4.69) is 42.0 Å². The Kier molecular flexibility index (Phi) is 4.87. The Morgan fingerprint density at radius 2 is 1.90 bits per heavy atom. The lowest BCUT2D eigenvalue weighted by molar-refractivity contribution is -0.139. The number of nitrogens with one attached hydrogen (secondary N) is 1. The smallest absolute Gasteiger partial charge is 0.234 e. The lowest BCUT2D eigenvalue weighted by atomic mass is 9.65. The van der Waals surface area contributed by atoms with Crippen LogP contribution in [0.25, 0.3) is 0 Å². The summed E-state index contributed by atoms with van der Waals surface area (Å²) in [4.78, 5) is 24.2. The second-order valence-electron chi connectivity index (χ2n) is 6.66. The first-order chi connectivity index (χ1) is 9.82. The summed E-state index contributed by atoms with van der Waals surface area (Å²) in [6.07, 6.45) is 2.31. The van der Waals surface area contributed by atoms with Crippen LogP contribution in [0.2, 0.25) is 0 Å². The van der Waals surface area contributed by atoms with Gasteiger partial charge in [-0.15, -0.1) is 0 Å². The topological polar surface area (TPSA) is 46.2 Å². The number of hydrogen-bond acceptors (Lipinski definition) is 2. The Bertz CT molecular complexity index is 538. The molecule has 21 heavy (non-hydrogen) atoms. The van der Waals surface area contributed by atoms with Gasteiger partial charge in [-0.3, -0.25) is 14.9 Å². The molecule has 1 aliphatic rings. The molecule has 0 aromatic heterocycles. The Morgan fingerprint density at radius 1 is 1.29 bits per heavy atom. The van der Waals surface area contributed by atoms with Gasteiger partial charge in [0.2, 0.25) is 11.8 Å². The van der Waals surface area contributed by atoms with Crippen LogP contribution in [0.3, 0.4) is 0 Å². The van der Waals surface area contributed by atoms with Gasteiger partial charge in [-0.25, -0.2) is 0 Å². The van der Waals surface area contributed by atoms with Gasteiger partial charge < -0.3 is 0 Å². The first-order valence-corrected chi connectivity index (χ1v) is 8.20. The van der Waals surface area contributed by atoms with Crippen molar-refractivity contribution in [2.24, 2.45) is 11.3 Å². The molecule has 2 unspecified atom stereocenters. The van der Waals surface area contributed by atoms with Crippen molar-refractivity contribution in [1.82, 2.24) is 5.32 Å². The lowest BCUT2D eigenvalue weighted by Gasteiger charge is -2.40. The first kappa shape index (κ1) is 16.2. The normalized spacial score (nSPS) is 26.0. The molecule has 2 atom stereocenters. The van der Waals surface area contributed by atoms with E-state index >= 15 is 0 Å². The third-order valence-electron chi connectivity index (χ3n) is 4.28. The monoisotopic (exact) mass is 351 g/mol. The minimum atomic E-state index is -0.308. The number of carbonyl (C=O) groups is 2. The van der Waals surface area contributed by atoms with Crippen LogP contribution < -0.4 is 5.32 Å². The van der Waals surface area contributed by atoms with Gasteiger partial charge in [0.1, 0.15) is 0 Å². The Balaban J connectivity index is 2.34. The van der Waals surface area contributed by atoms with Crippen LogP contribution in [0, 0.1) is 11.3 Å². The summed E-state index contributed by atoms with van der Waals surface area (Å²) < 4.78 is 0.988. The quantitative estimate of drug-likeness (QED) is 0.832. The van der Waals surface area contributed by atoms with E-state index in [0.29, 0.717) is 12.3 Å². The Hall–Kier alpha value is -1.16. The van der Waals surface area contributed by atoms with Crippen molar-refractivity contribution in [3.05, 3.63) is 34.3 Å². The summed E-state index contributed by atoms with van der Waals surface area (Å²) in [5.74, 6) is -0.0195. The minimum absolute atomic E-state index is 0.153. The highest BCUT2D eigenvalue weighted by Crippen LogP contribution is 2.45. The van der Waals surface area contributed by atoms with Crippen LogP contribution in [0.4, 0.5) is 0 Å². The number of piperidine rings is 1. The highest BCUT2D eigenvalue weighted by molar-refractivity contribution is 9.10. The fraction of sp³-hybridized carbons (Fsp3) is 0.529. The fourth-order valence-electron chi connectivity index (χ4n) is 3.10. The maximum absolute atomic E-state index is 12.4. The van der Waals surface area contributed by atoms with Crippen LogP contribution in [-0.4, -0.2) is 11.8 Å². The molecule has 4 heteroatoms. The predicted molar refractivity (Wildman–Crippen MR) is 86.8 cm³/mol. The zero-order chi connectivity index (χ0) is 15.6. The zero-order valence-electron chi connectivity index (χ0n) is 12.8. The third kappa shape index (κ3) is 3.73. The van der Waals surface area contributed by atoms with Crippen molar-refractivity contribution in [3.8, 4) is 0 Å². The summed E-state index contributed by atoms with van der Waals surface area (Å²) in [7, 11) is 0. The third-order valence-corrected chi connectivity index (χ3v) is 4.81. The van der Waals surface area contributed by atoms with E-state index < -0.39 is 0 Å². The van der Waals surface area contributed by atoms with Gasteiger partial charge in [-0.2, -0.15) is 0 Å². The van der Waals surface area contributed by atoms with Crippen LogP contribution in [0.5, 0.6) is 0 Å². The summed E-state index contributed by atoms with van der Waals surface area (Å²) in [6, 6.07) is 7.83. The maximum Gasteiger partial charge on any atom is 0.234 e. The molecule has 0 bridgehead atoms. The molecule has 1 N–H and O–H groups in total. The predicted octanol–water partition coefficient (Wildman–Crippen LogP) is 4.02. The average molecular weight is 352 g/mol. The van der Waals surface area contributed by atoms with Crippen molar-refractivity contribution >= 4 is 27.7 Å². The van der Waals surface area contributed by atoms with Gasteiger partial charge >= 0.3 is 0 Å². The van der Waals surface area contributed by atoms with Crippen molar-refractivity contribution in [2.45, 2.75) is 46.0 Å². The highest BCUT2D eigenvalue weighted by Gasteiger charge is 2.45. The SMILES string of the molecule is CC(C)CCC1(C)CC(=O)NC(=O)C1c1ccc(Br)cc1. The second-order valence-corrected chi connectivity index (χ2v) is 7.58. The Labute approximate surface area is 134 Å². The molecule has 2 amide bonds. The van der Waals surface area contributed by atoms with Crippen LogP contribution in [-0.2, 0) is 9.59 Å². The molecule has 1 fully saturated rings. The van der Waals surface area contributed by atoms with Crippen molar-refractivity contribution in [3.63, 3.8) is 0 Å². The number of imide groups is 1. The second kappa shape index (κ2) is 6.30. The molecule has 1 saturated heterocycles. The lowest BCUT2D eigenvalue weighted by Crippen LogP contribution is -2.49. The fourth-order valence-corrected chi connectivity index (χ4v) is 3.36. The van der Waals surface area contributed by atoms with Gasteiger partial charge in [0, 0.05) is 10.9 Å². The van der Waals surface area contributed by atoms with E-state index in [9.17, 15) is 9.59 Å². The van der Waals surface area contributed by atoms with Crippen LogP contribution >= 0.6 is 15.9 Å². The van der Waals surface area contributed by atoms with Crippen molar-refractivity contribution in [1.29, 1.82) is 0 Å². The van der Waals surface area contributed by atoms with Gasteiger partial charge in [0.05, 0.1) is 5.92 Å². The number of rotatable bonds is 4. The van der Waals surface area contributed by atoms with E-state index in [1.807, 2.05) is 24.3 Å². The Morgan fingerprint density at radius 3 is 2.48 bits per heavy atom. The van der Waals surface area contributed by atoms with E-state index in [1.165, 1.54) is 0 Å². The molecular weight excluding hydrogens is 330 g/mol. The summed E-state index contributed by atoms with van der Waals surface area (Å²) >= 11 is 3.42. The maximum atomic E-state index is 12.4. The van der Waals surface area contributed by atoms with E-state index in [1.54, 1.807) is 0 Å². The standard InChI is InChI=1S/C17H22BrNO2/c1-11(2)8-9-17(3)10-14(20)19-16(21)15(17)12-4-6-13(18)7-5-12/h4-7,11,15H,8-10H2,1-3H3,(H,19,20,21). The van der Waals surface area contributed by atoms with E-state index in [-0.39, 0.29) is 23.1 Å². The molecule has 1 aromatic rings. The highest BCUT2D eigenvalue weighted by atomic mass is 79.9. The van der Waals surface area contributed by atoms with Crippen LogP contribution in [0.15, 0.2) is 28.7 Å². The molecule has 3 nitrogen and oxygen atoms in total. The van der Waals surface area contributed by atoms with Gasteiger partial charge in [-0.05, 0) is 35.4 Å². The summed E-state index contributed by atoms with van der Waals surface area (Å²) in [6.45, 7) is 6.41.